The lowest BCUT2D eigenvalue weighted by molar-refractivity contribution is -0.137. The monoisotopic (exact) mass is 541 g/mol. The van der Waals surface area contributed by atoms with Crippen molar-refractivity contribution in [3.63, 3.8) is 0 Å². The third-order valence-electron chi connectivity index (χ3n) is 5.25. The molecule has 0 aliphatic heterocycles. The topological polar surface area (TPSA) is 92.6 Å². The van der Waals surface area contributed by atoms with Gasteiger partial charge < -0.3 is 14.7 Å². The summed E-state index contributed by atoms with van der Waals surface area (Å²) in [5.74, 6) is -2.48. The third kappa shape index (κ3) is 6.69. The lowest BCUT2D eigenvalue weighted by Crippen LogP contribution is -2.35. The van der Waals surface area contributed by atoms with Gasteiger partial charge in [-0.1, -0.05) is 12.1 Å². The van der Waals surface area contributed by atoms with Crippen LogP contribution in [0.15, 0.2) is 71.2 Å². The quantitative estimate of drug-likeness (QED) is 0.265. The number of ether oxygens (including phenoxy) is 1. The number of nitrogens with zero attached hydrogens (tertiary/aromatic N) is 3. The van der Waals surface area contributed by atoms with E-state index in [2.05, 4.69) is 9.97 Å². The number of rotatable bonds is 10. The second-order valence-corrected chi connectivity index (χ2v) is 9.65. The van der Waals surface area contributed by atoms with E-state index in [1.807, 2.05) is 0 Å². The van der Waals surface area contributed by atoms with Crippen LogP contribution in [0, 0.1) is 11.6 Å². The first-order valence-electron chi connectivity index (χ1n) is 10.9. The summed E-state index contributed by atoms with van der Waals surface area (Å²) in [6, 6.07) is 12.6. The van der Waals surface area contributed by atoms with Crippen molar-refractivity contribution in [3.05, 3.63) is 94.2 Å². The lowest BCUT2D eigenvalue weighted by Gasteiger charge is -2.19. The van der Waals surface area contributed by atoms with Crippen molar-refractivity contribution in [1.29, 1.82) is 0 Å². The van der Waals surface area contributed by atoms with Crippen LogP contribution in [-0.2, 0) is 17.9 Å². The zero-order valence-corrected chi connectivity index (χ0v) is 21.2. The molecule has 0 aliphatic carbocycles. The van der Waals surface area contributed by atoms with E-state index in [-0.39, 0.29) is 13.2 Å². The fourth-order valence-electron chi connectivity index (χ4n) is 3.50. The van der Waals surface area contributed by atoms with Crippen molar-refractivity contribution in [2.45, 2.75) is 18.0 Å². The number of aromatic nitrogens is 2. The van der Waals surface area contributed by atoms with Gasteiger partial charge in [-0.3, -0.25) is 9.59 Å². The first-order valence-corrected chi connectivity index (χ1v) is 13.0. The van der Waals surface area contributed by atoms with Gasteiger partial charge >= 0.3 is 5.97 Å². The Bertz CT molecular complexity index is 1400. The second-order valence-electron chi connectivity index (χ2n) is 7.80. The van der Waals surface area contributed by atoms with Gasteiger partial charge in [-0.2, -0.15) is 0 Å². The molecule has 0 radical (unpaired) electrons. The summed E-state index contributed by atoms with van der Waals surface area (Å²) in [7, 11) is 0. The van der Waals surface area contributed by atoms with Gasteiger partial charge in [-0.15, -0.1) is 23.1 Å². The molecular formula is C26H21F2N3O4S2. The Labute approximate surface area is 219 Å². The van der Waals surface area contributed by atoms with E-state index < -0.39 is 30.1 Å². The molecule has 0 fully saturated rings. The molecule has 2 heterocycles. The number of aliphatic carboxylic acids is 1. The predicted molar refractivity (Wildman–Crippen MR) is 137 cm³/mol. The number of carbonyl (C=O) groups is 2. The maximum Gasteiger partial charge on any atom is 0.323 e. The van der Waals surface area contributed by atoms with E-state index in [1.165, 1.54) is 52.5 Å². The van der Waals surface area contributed by atoms with Gasteiger partial charge in [0.05, 0.1) is 12.1 Å². The van der Waals surface area contributed by atoms with Crippen LogP contribution in [0.25, 0.3) is 11.1 Å². The normalized spacial score (nSPS) is 10.8. The molecule has 0 spiro atoms. The standard InChI is InChI=1S/C26H21F2N3O4S2/c1-36-23-11-22(28)21(27)10-20(23)16-3-5-18(6-4-16)35-14-19-9-17(15-37-19)26(34)31(13-25(32)33)12-24-29-7-2-8-30-24/h2-11,15H,12-14H2,1H3,(H,32,33). The zero-order valence-electron chi connectivity index (χ0n) is 19.6. The molecule has 0 atom stereocenters. The van der Waals surface area contributed by atoms with Gasteiger partial charge in [-0.25, -0.2) is 18.7 Å². The molecule has 1 amide bonds. The molecule has 0 bridgehead atoms. The molecule has 0 saturated carbocycles. The van der Waals surface area contributed by atoms with Crippen LogP contribution < -0.4 is 4.74 Å². The van der Waals surface area contributed by atoms with Crippen LogP contribution in [0.2, 0.25) is 0 Å². The van der Waals surface area contributed by atoms with Crippen molar-refractivity contribution < 1.29 is 28.2 Å². The van der Waals surface area contributed by atoms with Gasteiger partial charge in [0.1, 0.15) is 24.7 Å². The van der Waals surface area contributed by atoms with E-state index in [4.69, 9.17) is 4.74 Å². The number of thioether (sulfide) groups is 1. The van der Waals surface area contributed by atoms with Crippen molar-refractivity contribution in [2.75, 3.05) is 12.8 Å². The Balaban J connectivity index is 1.41. The van der Waals surface area contributed by atoms with Gasteiger partial charge in [0.25, 0.3) is 5.91 Å². The minimum Gasteiger partial charge on any atom is -0.488 e. The molecule has 4 rings (SSSR count). The number of hydrogen-bond acceptors (Lipinski definition) is 7. The van der Waals surface area contributed by atoms with Gasteiger partial charge in [0.15, 0.2) is 11.6 Å². The van der Waals surface area contributed by atoms with Crippen LogP contribution in [0.3, 0.4) is 0 Å². The predicted octanol–water partition coefficient (Wildman–Crippen LogP) is 5.51. The van der Waals surface area contributed by atoms with Crippen LogP contribution in [0.5, 0.6) is 5.75 Å². The third-order valence-corrected chi connectivity index (χ3v) is 6.94. The summed E-state index contributed by atoms with van der Waals surface area (Å²) < 4.78 is 33.2. The molecule has 0 saturated heterocycles. The highest BCUT2D eigenvalue weighted by Crippen LogP contribution is 2.33. The van der Waals surface area contributed by atoms with Crippen LogP contribution >= 0.6 is 23.1 Å². The number of thiophene rings is 1. The average molecular weight is 542 g/mol. The highest BCUT2D eigenvalue weighted by atomic mass is 32.2. The van der Waals surface area contributed by atoms with Gasteiger partial charge in [-0.05, 0) is 53.8 Å². The number of carbonyl (C=O) groups excluding carboxylic acids is 1. The molecule has 0 unspecified atom stereocenters. The molecule has 37 heavy (non-hydrogen) atoms. The van der Waals surface area contributed by atoms with Crippen molar-refractivity contribution in [1.82, 2.24) is 14.9 Å². The van der Waals surface area contributed by atoms with Crippen molar-refractivity contribution >= 4 is 35.0 Å². The number of hydrogen-bond donors (Lipinski definition) is 1. The van der Waals surface area contributed by atoms with Crippen LogP contribution in [0.1, 0.15) is 21.1 Å². The number of benzene rings is 2. The van der Waals surface area contributed by atoms with Gasteiger partial charge in [0.2, 0.25) is 0 Å². The maximum atomic E-state index is 13.8. The smallest absolute Gasteiger partial charge is 0.323 e. The van der Waals surface area contributed by atoms with E-state index >= 15 is 0 Å². The Morgan fingerprint density at radius 2 is 1.78 bits per heavy atom. The van der Waals surface area contributed by atoms with E-state index in [9.17, 15) is 23.5 Å². The molecule has 1 N–H and O–H groups in total. The highest BCUT2D eigenvalue weighted by Gasteiger charge is 2.21. The fraction of sp³-hybridized carbons (Fsp3) is 0.154. The maximum absolute atomic E-state index is 13.8. The average Bonchev–Trinajstić information content (AvgIpc) is 3.38. The van der Waals surface area contributed by atoms with Crippen molar-refractivity contribution in [3.8, 4) is 16.9 Å². The molecule has 4 aromatic rings. The number of carboxylic acid groups (broad SMARTS) is 1. The Kier molecular flexibility index (Phi) is 8.47. The second kappa shape index (κ2) is 11.9. The van der Waals surface area contributed by atoms with Crippen LogP contribution in [0.4, 0.5) is 8.78 Å². The minimum absolute atomic E-state index is 0.0315. The lowest BCUT2D eigenvalue weighted by atomic mass is 10.1. The summed E-state index contributed by atoms with van der Waals surface area (Å²) >= 11 is 2.64. The number of amides is 1. The molecule has 0 aliphatic rings. The summed E-state index contributed by atoms with van der Waals surface area (Å²) in [6.45, 7) is -0.323. The van der Waals surface area contributed by atoms with E-state index in [1.54, 1.807) is 48.0 Å². The zero-order chi connectivity index (χ0) is 26.4. The highest BCUT2D eigenvalue weighted by molar-refractivity contribution is 7.98. The minimum atomic E-state index is -1.14. The van der Waals surface area contributed by atoms with Crippen molar-refractivity contribution in [2.24, 2.45) is 0 Å². The fourth-order valence-corrected chi connectivity index (χ4v) is 4.89. The largest absolute Gasteiger partial charge is 0.488 e. The molecule has 7 nitrogen and oxygen atoms in total. The first-order chi connectivity index (χ1) is 17.8. The summed E-state index contributed by atoms with van der Waals surface area (Å²) in [5, 5.41) is 10.9. The molecule has 2 aromatic carbocycles. The summed E-state index contributed by atoms with van der Waals surface area (Å²) in [5.41, 5.74) is 1.66. The van der Waals surface area contributed by atoms with E-state index in [0.717, 1.165) is 10.4 Å². The van der Waals surface area contributed by atoms with Gasteiger partial charge in [0, 0.05) is 27.5 Å². The van der Waals surface area contributed by atoms with E-state index in [0.29, 0.717) is 27.6 Å². The first kappa shape index (κ1) is 26.2. The molecule has 2 aromatic heterocycles. The Morgan fingerprint density at radius 1 is 1.08 bits per heavy atom. The molecular weight excluding hydrogens is 520 g/mol. The SMILES string of the molecule is CSc1cc(F)c(F)cc1-c1ccc(OCc2cc(C(=O)N(CC(=O)O)Cc3ncccn3)cs2)cc1. The Hall–Kier alpha value is -3.83. The summed E-state index contributed by atoms with van der Waals surface area (Å²) in [6.07, 6.45) is 4.85. The molecule has 190 valence electrons. The Morgan fingerprint density at radius 3 is 2.46 bits per heavy atom. The van der Waals surface area contributed by atoms with Crippen LogP contribution in [-0.4, -0.2) is 44.7 Å². The summed E-state index contributed by atoms with van der Waals surface area (Å²) in [4.78, 5) is 34.9. The number of halogens is 2. The molecule has 11 heteroatoms. The number of carboxylic acids is 1.